The predicted octanol–water partition coefficient (Wildman–Crippen LogP) is 2.16. The van der Waals surface area contributed by atoms with Crippen LogP contribution >= 0.6 is 0 Å². The number of allylic oxidation sites excluding steroid dienone is 2. The third kappa shape index (κ3) is 1.80. The van der Waals surface area contributed by atoms with E-state index in [1.54, 1.807) is 6.08 Å². The van der Waals surface area contributed by atoms with Crippen molar-refractivity contribution in [2.24, 2.45) is 0 Å². The smallest absolute Gasteiger partial charge is 0.109 e. The van der Waals surface area contributed by atoms with Crippen molar-refractivity contribution in [1.29, 1.82) is 0 Å². The second-order valence-electron chi connectivity index (χ2n) is 2.41. The number of hydrogen-bond donors (Lipinski definition) is 0. The zero-order valence-corrected chi connectivity index (χ0v) is 6.91. The van der Waals surface area contributed by atoms with E-state index in [2.05, 4.69) is 11.6 Å². The molecule has 0 radical (unpaired) electrons. The van der Waals surface area contributed by atoms with Crippen molar-refractivity contribution in [1.82, 2.24) is 9.55 Å². The third-order valence-corrected chi connectivity index (χ3v) is 1.42. The number of imidazole rings is 1. The van der Waals surface area contributed by atoms with Crippen LogP contribution in [0.15, 0.2) is 24.9 Å². The highest BCUT2D eigenvalue weighted by Gasteiger charge is 1.94. The molecule has 2 nitrogen and oxygen atoms in total. The first-order chi connectivity index (χ1) is 5.24. The summed E-state index contributed by atoms with van der Waals surface area (Å²) in [6, 6.07) is 0. The van der Waals surface area contributed by atoms with Crippen LogP contribution in [0.3, 0.4) is 0 Å². The quantitative estimate of drug-likeness (QED) is 0.587. The molecule has 0 N–H and O–H groups in total. The summed E-state index contributed by atoms with van der Waals surface area (Å²) in [5.74, 6) is 1.00. The summed E-state index contributed by atoms with van der Waals surface area (Å²) in [6.45, 7) is 7.54. The summed E-state index contributed by atoms with van der Waals surface area (Å²) >= 11 is 0. The molecule has 0 spiro atoms. The van der Waals surface area contributed by atoms with Gasteiger partial charge in [0.2, 0.25) is 0 Å². The predicted molar refractivity (Wildman–Crippen MR) is 47.2 cm³/mol. The van der Waals surface area contributed by atoms with Crippen LogP contribution in [0.2, 0.25) is 0 Å². The lowest BCUT2D eigenvalue weighted by Gasteiger charge is -1.92. The first-order valence-electron chi connectivity index (χ1n) is 3.55. The molecule has 0 fully saturated rings. The van der Waals surface area contributed by atoms with Crippen LogP contribution in [0.4, 0.5) is 0 Å². The van der Waals surface area contributed by atoms with Crippen molar-refractivity contribution in [2.45, 2.75) is 13.8 Å². The van der Waals surface area contributed by atoms with Crippen LogP contribution in [-0.4, -0.2) is 9.55 Å². The standard InChI is InChI=1S/C9H12N2/c1-4-5-6-11-7-8(2)10-9(11)3/h4-7H,1H2,2-3H3/b6-5-. The molecule has 1 rings (SSSR count). The van der Waals surface area contributed by atoms with Crippen molar-refractivity contribution >= 4 is 6.20 Å². The van der Waals surface area contributed by atoms with Crippen LogP contribution in [0.25, 0.3) is 6.20 Å². The number of aryl methyl sites for hydroxylation is 2. The van der Waals surface area contributed by atoms with Crippen molar-refractivity contribution in [2.75, 3.05) is 0 Å². The lowest BCUT2D eigenvalue weighted by molar-refractivity contribution is 1.03. The molecule has 0 aliphatic heterocycles. The van der Waals surface area contributed by atoms with Gasteiger partial charge in [-0.25, -0.2) is 4.98 Å². The molecule has 11 heavy (non-hydrogen) atoms. The van der Waals surface area contributed by atoms with E-state index in [4.69, 9.17) is 0 Å². The molecule has 1 aromatic heterocycles. The normalized spacial score (nSPS) is 10.7. The van der Waals surface area contributed by atoms with Gasteiger partial charge in [0.15, 0.2) is 0 Å². The van der Waals surface area contributed by atoms with Gasteiger partial charge in [-0.1, -0.05) is 12.7 Å². The first-order valence-corrected chi connectivity index (χ1v) is 3.55. The van der Waals surface area contributed by atoms with E-state index in [1.807, 2.05) is 36.9 Å². The van der Waals surface area contributed by atoms with E-state index in [0.717, 1.165) is 11.5 Å². The van der Waals surface area contributed by atoms with Crippen LogP contribution in [-0.2, 0) is 0 Å². The monoisotopic (exact) mass is 148 g/mol. The van der Waals surface area contributed by atoms with E-state index >= 15 is 0 Å². The number of hydrogen-bond acceptors (Lipinski definition) is 1. The minimum atomic E-state index is 1.00. The first kappa shape index (κ1) is 7.79. The molecule has 58 valence electrons. The number of rotatable bonds is 2. The summed E-state index contributed by atoms with van der Waals surface area (Å²) in [5, 5.41) is 0. The van der Waals surface area contributed by atoms with Gasteiger partial charge in [0.25, 0.3) is 0 Å². The van der Waals surface area contributed by atoms with E-state index < -0.39 is 0 Å². The Hall–Kier alpha value is -1.31. The Bertz CT molecular complexity index is 282. The molecule has 0 saturated heterocycles. The maximum atomic E-state index is 4.24. The van der Waals surface area contributed by atoms with Gasteiger partial charge in [-0.3, -0.25) is 0 Å². The fourth-order valence-corrected chi connectivity index (χ4v) is 0.941. The molecule has 2 heteroatoms. The highest BCUT2D eigenvalue weighted by Crippen LogP contribution is 2.00. The van der Waals surface area contributed by atoms with Crippen molar-refractivity contribution in [3.63, 3.8) is 0 Å². The van der Waals surface area contributed by atoms with Crippen LogP contribution in [0, 0.1) is 13.8 Å². The average Bonchev–Trinajstić information content (AvgIpc) is 2.26. The minimum absolute atomic E-state index is 1.00. The largest absolute Gasteiger partial charge is 0.311 e. The van der Waals surface area contributed by atoms with E-state index in [9.17, 15) is 0 Å². The fourth-order valence-electron chi connectivity index (χ4n) is 0.941. The SMILES string of the molecule is C=C/C=C\n1cc(C)nc1C. The van der Waals surface area contributed by atoms with Gasteiger partial charge in [0.1, 0.15) is 5.82 Å². The second-order valence-corrected chi connectivity index (χ2v) is 2.41. The van der Waals surface area contributed by atoms with Crippen LogP contribution < -0.4 is 0 Å². The minimum Gasteiger partial charge on any atom is -0.311 e. The van der Waals surface area contributed by atoms with Gasteiger partial charge in [-0.2, -0.15) is 0 Å². The van der Waals surface area contributed by atoms with E-state index in [1.165, 1.54) is 0 Å². The Kier molecular flexibility index (Phi) is 2.26. The summed E-state index contributed by atoms with van der Waals surface area (Å²) in [4.78, 5) is 4.24. The maximum Gasteiger partial charge on any atom is 0.109 e. The molecule has 1 aromatic rings. The number of aromatic nitrogens is 2. The zero-order chi connectivity index (χ0) is 8.27. The molecular weight excluding hydrogens is 136 g/mol. The summed E-state index contributed by atoms with van der Waals surface area (Å²) in [6.07, 6.45) is 7.54. The van der Waals surface area contributed by atoms with Gasteiger partial charge >= 0.3 is 0 Å². The summed E-state index contributed by atoms with van der Waals surface area (Å²) in [7, 11) is 0. The Morgan fingerprint density at radius 1 is 1.55 bits per heavy atom. The van der Waals surface area contributed by atoms with Gasteiger partial charge in [-0.15, -0.1) is 0 Å². The van der Waals surface area contributed by atoms with Gasteiger partial charge in [-0.05, 0) is 19.9 Å². The number of nitrogens with zero attached hydrogens (tertiary/aromatic N) is 2. The van der Waals surface area contributed by atoms with Crippen LogP contribution in [0.1, 0.15) is 11.5 Å². The average molecular weight is 148 g/mol. The zero-order valence-electron chi connectivity index (χ0n) is 6.91. The van der Waals surface area contributed by atoms with Crippen molar-refractivity contribution < 1.29 is 0 Å². The Labute approximate surface area is 66.9 Å². The Morgan fingerprint density at radius 3 is 2.73 bits per heavy atom. The van der Waals surface area contributed by atoms with Gasteiger partial charge < -0.3 is 4.57 Å². The van der Waals surface area contributed by atoms with Crippen molar-refractivity contribution in [3.05, 3.63) is 36.4 Å². The summed E-state index contributed by atoms with van der Waals surface area (Å²) < 4.78 is 1.97. The Morgan fingerprint density at radius 2 is 2.27 bits per heavy atom. The molecule has 1 heterocycles. The fraction of sp³-hybridized carbons (Fsp3) is 0.222. The van der Waals surface area contributed by atoms with E-state index in [0.29, 0.717) is 0 Å². The molecule has 0 aliphatic carbocycles. The van der Waals surface area contributed by atoms with Crippen molar-refractivity contribution in [3.8, 4) is 0 Å². The second kappa shape index (κ2) is 3.19. The highest BCUT2D eigenvalue weighted by molar-refractivity contribution is 5.29. The summed E-state index contributed by atoms with van der Waals surface area (Å²) in [5.41, 5.74) is 1.04. The molecule has 0 atom stereocenters. The topological polar surface area (TPSA) is 17.8 Å². The molecular formula is C9H12N2. The van der Waals surface area contributed by atoms with E-state index in [-0.39, 0.29) is 0 Å². The molecule has 0 unspecified atom stereocenters. The molecule has 0 amide bonds. The Balaban J connectivity index is 2.93. The lowest BCUT2D eigenvalue weighted by Crippen LogP contribution is -1.86. The molecule has 0 saturated carbocycles. The lowest BCUT2D eigenvalue weighted by atomic mass is 10.5. The molecule has 0 aromatic carbocycles. The molecule has 0 bridgehead atoms. The maximum absolute atomic E-state index is 4.24. The molecule has 0 aliphatic rings. The van der Waals surface area contributed by atoms with Gasteiger partial charge in [0, 0.05) is 12.4 Å². The van der Waals surface area contributed by atoms with Crippen LogP contribution in [0.5, 0.6) is 0 Å². The van der Waals surface area contributed by atoms with Gasteiger partial charge in [0.05, 0.1) is 5.69 Å². The highest BCUT2D eigenvalue weighted by atomic mass is 15.0. The third-order valence-electron chi connectivity index (χ3n) is 1.42.